The van der Waals surface area contributed by atoms with Crippen molar-refractivity contribution in [2.24, 2.45) is 11.8 Å². The van der Waals surface area contributed by atoms with Crippen molar-refractivity contribution in [3.8, 4) is 0 Å². The number of hydrogen-bond acceptors (Lipinski definition) is 3. The van der Waals surface area contributed by atoms with Crippen molar-refractivity contribution in [3.63, 3.8) is 0 Å². The summed E-state index contributed by atoms with van der Waals surface area (Å²) in [5.74, 6) is 0.828. The van der Waals surface area contributed by atoms with E-state index in [1.807, 2.05) is 17.0 Å². The van der Waals surface area contributed by atoms with Crippen molar-refractivity contribution in [3.05, 3.63) is 35.4 Å². The van der Waals surface area contributed by atoms with Crippen LogP contribution in [-0.2, 0) is 16.8 Å². The molecule has 0 aromatic heterocycles. The number of carbonyl (C=O) groups excluding carboxylic acids is 1. The molecular weight excluding hydrogens is 362 g/mol. The van der Waals surface area contributed by atoms with Gasteiger partial charge in [0.15, 0.2) is 0 Å². The van der Waals surface area contributed by atoms with E-state index < -0.39 is 10.2 Å². The minimum absolute atomic E-state index is 0.0677. The summed E-state index contributed by atoms with van der Waals surface area (Å²) >= 11 is 0. The van der Waals surface area contributed by atoms with E-state index in [1.54, 1.807) is 16.4 Å². The lowest BCUT2D eigenvalue weighted by Crippen LogP contribution is -2.47. The summed E-state index contributed by atoms with van der Waals surface area (Å²) in [7, 11) is -3.48. The highest BCUT2D eigenvalue weighted by atomic mass is 32.2. The molecule has 0 saturated carbocycles. The van der Waals surface area contributed by atoms with Crippen LogP contribution >= 0.6 is 0 Å². The number of piperidine rings is 2. The first-order valence-electron chi connectivity index (χ1n) is 9.98. The van der Waals surface area contributed by atoms with E-state index in [-0.39, 0.29) is 12.5 Å². The predicted octanol–water partition coefficient (Wildman–Crippen LogP) is 2.62. The number of nitrogens with zero attached hydrogens (tertiary/aromatic N) is 2. The fourth-order valence-electron chi connectivity index (χ4n) is 4.11. The highest BCUT2D eigenvalue weighted by molar-refractivity contribution is 7.87. The van der Waals surface area contributed by atoms with Crippen LogP contribution in [0.4, 0.5) is 0 Å². The second-order valence-electron chi connectivity index (χ2n) is 8.14. The van der Waals surface area contributed by atoms with Gasteiger partial charge in [0.25, 0.3) is 16.1 Å². The molecule has 0 unspecified atom stereocenters. The first kappa shape index (κ1) is 20.3. The fraction of sp³-hybridized carbons (Fsp3) is 0.650. The average Bonchev–Trinajstić information content (AvgIpc) is 2.66. The van der Waals surface area contributed by atoms with Gasteiger partial charge >= 0.3 is 0 Å². The van der Waals surface area contributed by atoms with Crippen LogP contribution in [0.3, 0.4) is 0 Å². The average molecular weight is 394 g/mol. The van der Waals surface area contributed by atoms with Crippen LogP contribution in [0.5, 0.6) is 0 Å². The number of benzene rings is 1. The van der Waals surface area contributed by atoms with Crippen molar-refractivity contribution < 1.29 is 13.2 Å². The van der Waals surface area contributed by atoms with Gasteiger partial charge in [-0.1, -0.05) is 26.0 Å². The molecule has 0 spiro atoms. The molecule has 1 aromatic carbocycles. The summed E-state index contributed by atoms with van der Waals surface area (Å²) in [5, 5.41) is 0. The summed E-state index contributed by atoms with van der Waals surface area (Å²) in [4.78, 5) is 14.4. The van der Waals surface area contributed by atoms with Gasteiger partial charge in [0, 0.05) is 38.3 Å². The fourth-order valence-corrected chi connectivity index (χ4v) is 5.55. The topological polar surface area (TPSA) is 69.7 Å². The third-order valence-corrected chi connectivity index (χ3v) is 6.97. The number of rotatable bonds is 5. The van der Waals surface area contributed by atoms with Crippen LogP contribution in [0.25, 0.3) is 0 Å². The van der Waals surface area contributed by atoms with E-state index >= 15 is 0 Å². The lowest BCUT2D eigenvalue weighted by molar-refractivity contribution is 0.0724. The zero-order valence-corrected chi connectivity index (χ0v) is 17.2. The largest absolute Gasteiger partial charge is 0.339 e. The molecule has 2 heterocycles. The second-order valence-corrected chi connectivity index (χ2v) is 9.89. The quantitative estimate of drug-likeness (QED) is 0.836. The molecule has 1 amide bonds. The van der Waals surface area contributed by atoms with Gasteiger partial charge in [-0.2, -0.15) is 17.4 Å². The van der Waals surface area contributed by atoms with Gasteiger partial charge in [0.2, 0.25) is 0 Å². The number of carbonyl (C=O) groups is 1. The Hall–Kier alpha value is -1.44. The first-order valence-corrected chi connectivity index (χ1v) is 11.4. The van der Waals surface area contributed by atoms with Crippen LogP contribution in [0.2, 0.25) is 0 Å². The normalized spacial score (nSPS) is 24.7. The Labute approximate surface area is 163 Å². The molecule has 7 heteroatoms. The highest BCUT2D eigenvalue weighted by Crippen LogP contribution is 2.22. The van der Waals surface area contributed by atoms with Crippen molar-refractivity contribution in [1.82, 2.24) is 13.9 Å². The van der Waals surface area contributed by atoms with Crippen LogP contribution in [0.1, 0.15) is 55.5 Å². The van der Waals surface area contributed by atoms with Gasteiger partial charge in [-0.25, -0.2) is 0 Å². The molecule has 0 aliphatic carbocycles. The Morgan fingerprint density at radius 1 is 1.04 bits per heavy atom. The smallest absolute Gasteiger partial charge is 0.279 e. The molecule has 2 aliphatic rings. The van der Waals surface area contributed by atoms with Gasteiger partial charge in [-0.15, -0.1) is 0 Å². The Morgan fingerprint density at radius 2 is 1.63 bits per heavy atom. The SMILES string of the molecule is C[C@@H]1C[C@H](C)CN(S(=O)(=O)NCc2ccc(C(=O)N3CCCCC3)cc2)C1. The Kier molecular flexibility index (Phi) is 6.55. The molecule has 0 radical (unpaired) electrons. The molecule has 2 saturated heterocycles. The molecule has 6 nitrogen and oxygen atoms in total. The summed E-state index contributed by atoms with van der Waals surface area (Å²) in [6, 6.07) is 7.26. The van der Waals surface area contributed by atoms with Crippen LogP contribution in [0, 0.1) is 11.8 Å². The summed E-state index contributed by atoms with van der Waals surface area (Å²) in [5.41, 5.74) is 1.52. The van der Waals surface area contributed by atoms with Crippen molar-refractivity contribution in [1.29, 1.82) is 0 Å². The monoisotopic (exact) mass is 393 g/mol. The number of hydrogen-bond donors (Lipinski definition) is 1. The summed E-state index contributed by atoms with van der Waals surface area (Å²) < 4.78 is 29.4. The van der Waals surface area contributed by atoms with Crippen LogP contribution in [0.15, 0.2) is 24.3 Å². The molecule has 2 fully saturated rings. The molecular formula is C20H31N3O3S. The second kappa shape index (κ2) is 8.71. The summed E-state index contributed by atoms with van der Waals surface area (Å²) in [6.45, 7) is 7.22. The predicted molar refractivity (Wildman–Crippen MR) is 106 cm³/mol. The Morgan fingerprint density at radius 3 is 2.22 bits per heavy atom. The molecule has 2 aliphatic heterocycles. The van der Waals surface area contributed by atoms with E-state index in [0.717, 1.165) is 37.9 Å². The number of amides is 1. The van der Waals surface area contributed by atoms with E-state index in [0.29, 0.717) is 30.5 Å². The standard InChI is InChI=1S/C20H31N3O3S/c1-16-12-17(2)15-23(14-16)27(25,26)21-13-18-6-8-19(9-7-18)20(24)22-10-4-3-5-11-22/h6-9,16-17,21H,3-5,10-15H2,1-2H3/t16-,17+. The van der Waals surface area contributed by atoms with E-state index in [1.165, 1.54) is 6.42 Å². The zero-order valence-electron chi connectivity index (χ0n) is 16.4. The molecule has 27 heavy (non-hydrogen) atoms. The number of likely N-dealkylation sites (tertiary alicyclic amines) is 1. The van der Waals surface area contributed by atoms with Crippen LogP contribution in [-0.4, -0.2) is 49.7 Å². The minimum Gasteiger partial charge on any atom is -0.339 e. The molecule has 1 N–H and O–H groups in total. The maximum atomic E-state index is 12.6. The van der Waals surface area contributed by atoms with Gasteiger partial charge < -0.3 is 4.90 Å². The lowest BCUT2D eigenvalue weighted by Gasteiger charge is -2.33. The highest BCUT2D eigenvalue weighted by Gasteiger charge is 2.30. The van der Waals surface area contributed by atoms with Crippen molar-refractivity contribution >= 4 is 16.1 Å². The molecule has 150 valence electrons. The van der Waals surface area contributed by atoms with Gasteiger partial charge in [0.1, 0.15) is 0 Å². The summed E-state index contributed by atoms with van der Waals surface area (Å²) in [6.07, 6.45) is 4.40. The maximum absolute atomic E-state index is 12.6. The van der Waals surface area contributed by atoms with E-state index in [4.69, 9.17) is 0 Å². The Balaban J connectivity index is 1.57. The molecule has 2 atom stereocenters. The minimum atomic E-state index is -3.48. The third kappa shape index (κ3) is 5.30. The first-order chi connectivity index (χ1) is 12.8. The van der Waals surface area contributed by atoms with Gasteiger partial charge in [-0.3, -0.25) is 4.79 Å². The molecule has 1 aromatic rings. The van der Waals surface area contributed by atoms with Crippen molar-refractivity contribution in [2.45, 2.75) is 46.1 Å². The zero-order chi connectivity index (χ0) is 19.4. The number of nitrogens with one attached hydrogen (secondary N) is 1. The van der Waals surface area contributed by atoms with Crippen LogP contribution < -0.4 is 4.72 Å². The Bertz CT molecular complexity index is 732. The molecule has 3 rings (SSSR count). The lowest BCUT2D eigenvalue weighted by atomic mass is 9.94. The van der Waals surface area contributed by atoms with Gasteiger partial charge in [-0.05, 0) is 55.2 Å². The van der Waals surface area contributed by atoms with E-state index in [2.05, 4.69) is 18.6 Å². The maximum Gasteiger partial charge on any atom is 0.279 e. The van der Waals surface area contributed by atoms with Gasteiger partial charge in [0.05, 0.1) is 0 Å². The van der Waals surface area contributed by atoms with Crippen molar-refractivity contribution in [2.75, 3.05) is 26.2 Å². The molecule has 0 bridgehead atoms. The van der Waals surface area contributed by atoms with E-state index in [9.17, 15) is 13.2 Å². The third-order valence-electron chi connectivity index (χ3n) is 5.48.